The number of likely N-dealkylation sites (N-methyl/N-ethyl adjacent to an activating group) is 1. The Morgan fingerprint density at radius 2 is 2.16 bits per heavy atom. The van der Waals surface area contributed by atoms with E-state index in [0.717, 1.165) is 18.9 Å². The van der Waals surface area contributed by atoms with Crippen LogP contribution in [-0.2, 0) is 10.0 Å². The Labute approximate surface area is 121 Å². The monoisotopic (exact) mass is 350 g/mol. The van der Waals surface area contributed by atoms with E-state index in [0.29, 0.717) is 5.92 Å². The summed E-state index contributed by atoms with van der Waals surface area (Å²) < 4.78 is 39.8. The van der Waals surface area contributed by atoms with Gasteiger partial charge in [0, 0.05) is 19.6 Å². The van der Waals surface area contributed by atoms with Crippen molar-refractivity contribution in [2.45, 2.75) is 23.8 Å². The molecule has 0 heterocycles. The number of nitrogens with zero attached hydrogens (tertiary/aromatic N) is 1. The number of sulfonamides is 1. The predicted molar refractivity (Wildman–Crippen MR) is 74.6 cm³/mol. The maximum Gasteiger partial charge on any atom is 0.243 e. The van der Waals surface area contributed by atoms with Gasteiger partial charge in [-0.15, -0.1) is 0 Å². The quantitative estimate of drug-likeness (QED) is 0.882. The van der Waals surface area contributed by atoms with Crippen LogP contribution in [0.3, 0.4) is 0 Å². The van der Waals surface area contributed by atoms with E-state index < -0.39 is 15.8 Å². The van der Waals surface area contributed by atoms with Crippen molar-refractivity contribution in [1.82, 2.24) is 4.31 Å². The number of benzene rings is 1. The molecule has 106 valence electrons. The number of hydrogen-bond acceptors (Lipinski definition) is 3. The zero-order valence-electron chi connectivity index (χ0n) is 10.5. The van der Waals surface area contributed by atoms with Gasteiger partial charge >= 0.3 is 0 Å². The van der Waals surface area contributed by atoms with E-state index in [2.05, 4.69) is 15.9 Å². The number of halogens is 2. The van der Waals surface area contributed by atoms with Crippen LogP contribution < -0.4 is 5.73 Å². The molecule has 2 N–H and O–H groups in total. The molecule has 0 amide bonds. The van der Waals surface area contributed by atoms with Crippen molar-refractivity contribution in [3.8, 4) is 0 Å². The van der Waals surface area contributed by atoms with Crippen molar-refractivity contribution >= 4 is 26.0 Å². The molecule has 19 heavy (non-hydrogen) atoms. The van der Waals surface area contributed by atoms with Crippen LogP contribution in [0, 0.1) is 11.7 Å². The lowest BCUT2D eigenvalue weighted by molar-refractivity contribution is 0.340. The summed E-state index contributed by atoms with van der Waals surface area (Å²) in [7, 11) is -2.20. The third-order valence-corrected chi connectivity index (χ3v) is 5.96. The fourth-order valence-corrected chi connectivity index (χ4v) is 3.79. The molecule has 0 aliphatic heterocycles. The lowest BCUT2D eigenvalue weighted by Gasteiger charge is -2.26. The van der Waals surface area contributed by atoms with Gasteiger partial charge in [-0.3, -0.25) is 0 Å². The van der Waals surface area contributed by atoms with Crippen molar-refractivity contribution in [3.63, 3.8) is 0 Å². The summed E-state index contributed by atoms with van der Waals surface area (Å²) >= 11 is 3.01. The first-order chi connectivity index (χ1) is 8.87. The highest BCUT2D eigenvalue weighted by Crippen LogP contribution is 2.36. The van der Waals surface area contributed by atoms with Crippen molar-refractivity contribution in [2.24, 2.45) is 11.7 Å². The second-order valence-electron chi connectivity index (χ2n) is 4.74. The van der Waals surface area contributed by atoms with Gasteiger partial charge in [0.05, 0.1) is 9.37 Å². The summed E-state index contributed by atoms with van der Waals surface area (Å²) in [6, 6.07) is 3.59. The molecule has 1 atom stereocenters. The molecule has 1 saturated carbocycles. The summed E-state index contributed by atoms with van der Waals surface area (Å²) in [4.78, 5) is -0.0465. The number of hydrogen-bond donors (Lipinski definition) is 1. The molecule has 0 radical (unpaired) electrons. The summed E-state index contributed by atoms with van der Waals surface area (Å²) in [5.41, 5.74) is 5.66. The van der Waals surface area contributed by atoms with Gasteiger partial charge in [-0.05, 0) is 52.9 Å². The van der Waals surface area contributed by atoms with E-state index in [4.69, 9.17) is 5.73 Å². The first-order valence-corrected chi connectivity index (χ1v) is 8.24. The minimum Gasteiger partial charge on any atom is -0.329 e. The largest absolute Gasteiger partial charge is 0.329 e. The van der Waals surface area contributed by atoms with Crippen molar-refractivity contribution in [1.29, 1.82) is 0 Å². The predicted octanol–water partition coefficient (Wildman–Crippen LogP) is 1.95. The zero-order valence-corrected chi connectivity index (χ0v) is 12.9. The SMILES string of the molecule is CN(C(CN)C1CC1)S(=O)(=O)c1ccc(Br)c(F)c1. The van der Waals surface area contributed by atoms with Crippen LogP contribution in [0.25, 0.3) is 0 Å². The van der Waals surface area contributed by atoms with Crippen molar-refractivity contribution in [2.75, 3.05) is 13.6 Å². The van der Waals surface area contributed by atoms with E-state index in [1.54, 1.807) is 0 Å². The van der Waals surface area contributed by atoms with Gasteiger partial charge in [-0.2, -0.15) is 4.31 Å². The molecule has 0 saturated heterocycles. The molecule has 7 heteroatoms. The molecule has 1 aromatic carbocycles. The second kappa shape index (κ2) is 5.47. The highest BCUT2D eigenvalue weighted by Gasteiger charge is 2.38. The van der Waals surface area contributed by atoms with E-state index in [-0.39, 0.29) is 22.0 Å². The third-order valence-electron chi connectivity index (χ3n) is 3.44. The summed E-state index contributed by atoms with van der Waals surface area (Å²) in [5, 5.41) is 0. The van der Waals surface area contributed by atoms with E-state index in [1.165, 1.54) is 23.5 Å². The third kappa shape index (κ3) is 2.99. The van der Waals surface area contributed by atoms with Crippen LogP contribution in [0.1, 0.15) is 12.8 Å². The van der Waals surface area contributed by atoms with Gasteiger partial charge in [0.2, 0.25) is 10.0 Å². The highest BCUT2D eigenvalue weighted by atomic mass is 79.9. The van der Waals surface area contributed by atoms with Gasteiger partial charge in [-0.25, -0.2) is 12.8 Å². The van der Waals surface area contributed by atoms with E-state index in [1.807, 2.05) is 0 Å². The standard InChI is InChI=1S/C12H16BrFN2O2S/c1-16(12(7-15)8-2-3-8)19(17,18)9-4-5-10(13)11(14)6-9/h4-6,8,12H,2-3,7,15H2,1H3. The van der Waals surface area contributed by atoms with Crippen LogP contribution in [0.4, 0.5) is 4.39 Å². The van der Waals surface area contributed by atoms with E-state index >= 15 is 0 Å². The molecule has 2 rings (SSSR count). The Bertz CT molecular complexity index is 575. The van der Waals surface area contributed by atoms with Crippen molar-refractivity contribution in [3.05, 3.63) is 28.5 Å². The van der Waals surface area contributed by atoms with Crippen LogP contribution in [-0.4, -0.2) is 32.4 Å². The Morgan fingerprint density at radius 3 is 2.63 bits per heavy atom. The molecular weight excluding hydrogens is 335 g/mol. The minimum atomic E-state index is -3.70. The minimum absolute atomic E-state index is 0.0465. The smallest absolute Gasteiger partial charge is 0.243 e. The highest BCUT2D eigenvalue weighted by molar-refractivity contribution is 9.10. The Balaban J connectivity index is 2.32. The average Bonchev–Trinajstić information content (AvgIpc) is 3.17. The number of nitrogens with two attached hydrogens (primary N) is 1. The zero-order chi connectivity index (χ0) is 14.2. The molecule has 0 bridgehead atoms. The van der Waals surface area contributed by atoms with Gasteiger partial charge in [0.1, 0.15) is 5.82 Å². The molecular formula is C12H16BrFN2O2S. The maximum absolute atomic E-state index is 13.5. The lowest BCUT2D eigenvalue weighted by Crippen LogP contribution is -2.43. The Kier molecular flexibility index (Phi) is 4.29. The molecule has 1 aromatic rings. The van der Waals surface area contributed by atoms with Crippen LogP contribution in [0.15, 0.2) is 27.6 Å². The maximum atomic E-state index is 13.5. The van der Waals surface area contributed by atoms with Crippen molar-refractivity contribution < 1.29 is 12.8 Å². The Hall–Kier alpha value is -0.500. The van der Waals surface area contributed by atoms with E-state index in [9.17, 15) is 12.8 Å². The molecule has 1 fully saturated rings. The first-order valence-electron chi connectivity index (χ1n) is 6.01. The van der Waals surface area contributed by atoms with Gasteiger partial charge in [-0.1, -0.05) is 0 Å². The fourth-order valence-electron chi connectivity index (χ4n) is 2.10. The first kappa shape index (κ1) is 14.9. The number of rotatable bonds is 5. The molecule has 1 aliphatic carbocycles. The fraction of sp³-hybridized carbons (Fsp3) is 0.500. The summed E-state index contributed by atoms with van der Waals surface area (Å²) in [5.74, 6) is -0.268. The van der Waals surface area contributed by atoms with Crippen LogP contribution >= 0.6 is 15.9 Å². The Morgan fingerprint density at radius 1 is 1.53 bits per heavy atom. The summed E-state index contributed by atoms with van der Waals surface area (Å²) in [6.45, 7) is 0.277. The van der Waals surface area contributed by atoms with Gasteiger partial charge < -0.3 is 5.73 Å². The molecule has 4 nitrogen and oxygen atoms in total. The van der Waals surface area contributed by atoms with Gasteiger partial charge in [0.15, 0.2) is 0 Å². The molecule has 0 spiro atoms. The molecule has 0 aromatic heterocycles. The molecule has 1 aliphatic rings. The van der Waals surface area contributed by atoms with Gasteiger partial charge in [0.25, 0.3) is 0 Å². The topological polar surface area (TPSA) is 63.4 Å². The summed E-state index contributed by atoms with van der Waals surface area (Å²) in [6.07, 6.45) is 1.99. The van der Waals surface area contributed by atoms with Crippen LogP contribution in [0.2, 0.25) is 0 Å². The lowest BCUT2D eigenvalue weighted by atomic mass is 10.2. The van der Waals surface area contributed by atoms with Crippen LogP contribution in [0.5, 0.6) is 0 Å². The molecule has 1 unspecified atom stereocenters. The normalized spacial score (nSPS) is 17.7. The average molecular weight is 351 g/mol. The second-order valence-corrected chi connectivity index (χ2v) is 7.59.